The van der Waals surface area contributed by atoms with Gasteiger partial charge >= 0.3 is 0 Å². The molecule has 1 heterocycles. The molecule has 0 radical (unpaired) electrons. The highest BCUT2D eigenvalue weighted by Crippen LogP contribution is 2.49. The minimum atomic E-state index is -0.797. The van der Waals surface area contributed by atoms with Gasteiger partial charge in [-0.3, -0.25) is 9.59 Å². The van der Waals surface area contributed by atoms with Crippen molar-refractivity contribution in [2.24, 2.45) is 0 Å². The van der Waals surface area contributed by atoms with Gasteiger partial charge in [-0.2, -0.15) is 0 Å². The van der Waals surface area contributed by atoms with Crippen molar-refractivity contribution in [2.45, 2.75) is 24.8 Å². The molecule has 0 bridgehead atoms. The average molecular weight is 336 g/mol. The zero-order valence-electron chi connectivity index (χ0n) is 13.5. The lowest BCUT2D eigenvalue weighted by atomic mass is 9.94. The van der Waals surface area contributed by atoms with Crippen molar-refractivity contribution in [2.75, 3.05) is 0 Å². The predicted octanol–water partition coefficient (Wildman–Crippen LogP) is 3.02. The van der Waals surface area contributed by atoms with E-state index in [0.717, 1.165) is 10.9 Å². The lowest BCUT2D eigenvalue weighted by molar-refractivity contribution is -0.123. The Morgan fingerprint density at radius 2 is 1.84 bits per heavy atom. The number of aromatic amines is 1. The van der Waals surface area contributed by atoms with Crippen LogP contribution in [0.5, 0.6) is 0 Å². The number of hydrogen-bond acceptors (Lipinski definition) is 2. The fraction of sp³-hybridized carbons (Fsp3) is 0.200. The SMILES string of the molecule is O=C(NCc1cc2ccccc2[nH]c1=O)C1(c2ccccc2F)CC1. The van der Waals surface area contributed by atoms with E-state index in [4.69, 9.17) is 0 Å². The van der Waals surface area contributed by atoms with Crippen LogP contribution in [0.1, 0.15) is 24.0 Å². The molecule has 0 aliphatic heterocycles. The van der Waals surface area contributed by atoms with Gasteiger partial charge in [0.2, 0.25) is 5.91 Å². The van der Waals surface area contributed by atoms with Gasteiger partial charge in [0.15, 0.2) is 0 Å². The number of fused-ring (bicyclic) bond motifs is 1. The second kappa shape index (κ2) is 5.84. The summed E-state index contributed by atoms with van der Waals surface area (Å²) < 4.78 is 14.1. The zero-order valence-corrected chi connectivity index (χ0v) is 13.5. The van der Waals surface area contributed by atoms with Crippen molar-refractivity contribution in [3.8, 4) is 0 Å². The molecule has 2 N–H and O–H groups in total. The van der Waals surface area contributed by atoms with Crippen LogP contribution in [0, 0.1) is 5.82 Å². The maximum Gasteiger partial charge on any atom is 0.253 e. The Balaban J connectivity index is 1.56. The van der Waals surface area contributed by atoms with E-state index in [0.29, 0.717) is 24.0 Å². The number of carbonyl (C=O) groups is 1. The summed E-state index contributed by atoms with van der Waals surface area (Å²) in [7, 11) is 0. The lowest BCUT2D eigenvalue weighted by Crippen LogP contribution is -2.36. The highest BCUT2D eigenvalue weighted by molar-refractivity contribution is 5.91. The van der Waals surface area contributed by atoms with E-state index >= 15 is 0 Å². The van der Waals surface area contributed by atoms with Gasteiger partial charge in [-0.1, -0.05) is 36.4 Å². The summed E-state index contributed by atoms with van der Waals surface area (Å²) in [5, 5.41) is 3.71. The Morgan fingerprint density at radius 1 is 1.12 bits per heavy atom. The van der Waals surface area contributed by atoms with Gasteiger partial charge in [-0.15, -0.1) is 0 Å². The van der Waals surface area contributed by atoms with Gasteiger partial charge in [0.1, 0.15) is 5.82 Å². The first-order valence-electron chi connectivity index (χ1n) is 8.24. The molecule has 0 spiro atoms. The van der Waals surface area contributed by atoms with E-state index in [1.165, 1.54) is 6.07 Å². The second-order valence-electron chi connectivity index (χ2n) is 6.46. The van der Waals surface area contributed by atoms with E-state index in [2.05, 4.69) is 10.3 Å². The number of benzene rings is 2. The summed E-state index contributed by atoms with van der Waals surface area (Å²) in [6, 6.07) is 15.6. The number of nitrogens with one attached hydrogen (secondary N) is 2. The zero-order chi connectivity index (χ0) is 17.4. The number of rotatable bonds is 4. The maximum atomic E-state index is 14.1. The molecule has 1 saturated carbocycles. The van der Waals surface area contributed by atoms with Crippen LogP contribution in [0.3, 0.4) is 0 Å². The molecule has 126 valence electrons. The van der Waals surface area contributed by atoms with Crippen LogP contribution in [-0.2, 0) is 16.8 Å². The Morgan fingerprint density at radius 3 is 2.60 bits per heavy atom. The lowest BCUT2D eigenvalue weighted by Gasteiger charge is -2.16. The summed E-state index contributed by atoms with van der Waals surface area (Å²) >= 11 is 0. The first-order chi connectivity index (χ1) is 12.1. The van der Waals surface area contributed by atoms with Crippen LogP contribution in [0.4, 0.5) is 4.39 Å². The third-order valence-electron chi connectivity index (χ3n) is 4.84. The quantitative estimate of drug-likeness (QED) is 0.769. The van der Waals surface area contributed by atoms with Crippen molar-refractivity contribution in [1.82, 2.24) is 10.3 Å². The van der Waals surface area contributed by atoms with E-state index in [-0.39, 0.29) is 23.8 Å². The minimum Gasteiger partial charge on any atom is -0.351 e. The summed E-state index contributed by atoms with van der Waals surface area (Å²) in [5.74, 6) is -0.594. The fourth-order valence-corrected chi connectivity index (χ4v) is 3.26. The molecule has 4 nitrogen and oxygen atoms in total. The first-order valence-corrected chi connectivity index (χ1v) is 8.24. The molecular formula is C20H17FN2O2. The number of para-hydroxylation sites is 1. The van der Waals surface area contributed by atoms with Gasteiger partial charge in [0.05, 0.1) is 5.41 Å². The maximum absolute atomic E-state index is 14.1. The number of aromatic nitrogens is 1. The predicted molar refractivity (Wildman–Crippen MR) is 93.7 cm³/mol. The molecular weight excluding hydrogens is 319 g/mol. The van der Waals surface area contributed by atoms with E-state index in [1.54, 1.807) is 24.3 Å². The van der Waals surface area contributed by atoms with E-state index in [9.17, 15) is 14.0 Å². The monoisotopic (exact) mass is 336 g/mol. The Bertz CT molecular complexity index is 1020. The Hall–Kier alpha value is -2.95. The third kappa shape index (κ3) is 2.71. The number of amides is 1. The molecule has 2 aromatic carbocycles. The molecule has 0 unspecified atom stereocenters. The van der Waals surface area contributed by atoms with E-state index in [1.807, 2.05) is 24.3 Å². The first kappa shape index (κ1) is 15.6. The van der Waals surface area contributed by atoms with Crippen LogP contribution in [0.2, 0.25) is 0 Å². The Kier molecular flexibility index (Phi) is 3.64. The van der Waals surface area contributed by atoms with Crippen molar-refractivity contribution >= 4 is 16.8 Å². The third-order valence-corrected chi connectivity index (χ3v) is 4.84. The van der Waals surface area contributed by atoms with Crippen LogP contribution >= 0.6 is 0 Å². The topological polar surface area (TPSA) is 62.0 Å². The summed E-state index contributed by atoms with van der Waals surface area (Å²) in [6.45, 7) is 0.120. The molecule has 25 heavy (non-hydrogen) atoms. The fourth-order valence-electron chi connectivity index (χ4n) is 3.26. The molecule has 1 aliphatic rings. The summed E-state index contributed by atoms with van der Waals surface area (Å²) in [6.07, 6.45) is 1.24. The average Bonchev–Trinajstić information content (AvgIpc) is 3.42. The van der Waals surface area contributed by atoms with Gasteiger partial charge in [0.25, 0.3) is 5.56 Å². The van der Waals surface area contributed by atoms with Gasteiger partial charge in [0, 0.05) is 23.2 Å². The molecule has 1 amide bonds. The number of carbonyl (C=O) groups excluding carboxylic acids is 1. The highest BCUT2D eigenvalue weighted by Gasteiger charge is 2.52. The Labute approximate surface area is 143 Å². The smallest absolute Gasteiger partial charge is 0.253 e. The van der Waals surface area contributed by atoms with Gasteiger partial charge in [-0.25, -0.2) is 4.39 Å². The minimum absolute atomic E-state index is 0.120. The van der Waals surface area contributed by atoms with Crippen molar-refractivity contribution < 1.29 is 9.18 Å². The van der Waals surface area contributed by atoms with Crippen molar-refractivity contribution in [1.29, 1.82) is 0 Å². The van der Waals surface area contributed by atoms with Crippen LogP contribution in [-0.4, -0.2) is 10.9 Å². The summed E-state index contributed by atoms with van der Waals surface area (Å²) in [5.41, 5.74) is 0.647. The molecule has 1 fully saturated rings. The molecule has 4 rings (SSSR count). The highest BCUT2D eigenvalue weighted by atomic mass is 19.1. The number of pyridine rings is 1. The molecule has 0 atom stereocenters. The molecule has 1 aromatic heterocycles. The molecule has 1 aliphatic carbocycles. The largest absolute Gasteiger partial charge is 0.351 e. The van der Waals surface area contributed by atoms with Gasteiger partial charge < -0.3 is 10.3 Å². The molecule has 3 aromatic rings. The van der Waals surface area contributed by atoms with Crippen molar-refractivity contribution in [3.05, 3.63) is 81.9 Å². The summed E-state index contributed by atoms with van der Waals surface area (Å²) in [4.78, 5) is 27.6. The van der Waals surface area contributed by atoms with Crippen LogP contribution < -0.4 is 10.9 Å². The van der Waals surface area contributed by atoms with Crippen LogP contribution in [0.15, 0.2) is 59.4 Å². The number of halogens is 1. The standard InChI is InChI=1S/C20H17FN2O2/c21-16-7-3-2-6-15(16)20(9-10-20)19(25)22-12-14-11-13-5-1-4-8-17(13)23-18(14)24/h1-8,11H,9-10,12H2,(H,22,25)(H,23,24). The van der Waals surface area contributed by atoms with Crippen LogP contribution in [0.25, 0.3) is 10.9 Å². The van der Waals surface area contributed by atoms with Crippen molar-refractivity contribution in [3.63, 3.8) is 0 Å². The number of hydrogen-bond donors (Lipinski definition) is 2. The number of H-pyrrole nitrogens is 1. The normalized spacial score (nSPS) is 15.1. The molecule has 0 saturated heterocycles. The van der Waals surface area contributed by atoms with E-state index < -0.39 is 5.41 Å². The molecule has 5 heteroatoms. The van der Waals surface area contributed by atoms with Gasteiger partial charge in [-0.05, 0) is 36.4 Å². The second-order valence-corrected chi connectivity index (χ2v) is 6.46.